The fourth-order valence-corrected chi connectivity index (χ4v) is 6.35. The van der Waals surface area contributed by atoms with E-state index in [0.717, 1.165) is 66.2 Å². The van der Waals surface area contributed by atoms with Crippen molar-refractivity contribution in [3.05, 3.63) is 76.9 Å². The Bertz CT molecular complexity index is 1190. The lowest BCUT2D eigenvalue weighted by molar-refractivity contribution is -0.124. The third-order valence-corrected chi connectivity index (χ3v) is 8.75. The topological polar surface area (TPSA) is 74.3 Å². The molecule has 2 aliphatic rings. The fourth-order valence-electron chi connectivity index (χ4n) is 5.28. The molecular weight excluding hydrogens is 480 g/mol. The van der Waals surface area contributed by atoms with E-state index in [0.29, 0.717) is 5.92 Å². The van der Waals surface area contributed by atoms with Crippen LogP contribution in [0.5, 0.6) is 0 Å². The first-order valence-corrected chi connectivity index (χ1v) is 14.3. The number of carbonyl (C=O) groups is 2. The number of anilines is 2. The maximum Gasteiger partial charge on any atom is 0.243 e. The summed E-state index contributed by atoms with van der Waals surface area (Å²) in [7, 11) is 0. The van der Waals surface area contributed by atoms with E-state index in [1.54, 1.807) is 22.4 Å². The molecule has 0 unspecified atom stereocenters. The van der Waals surface area contributed by atoms with Crippen LogP contribution in [0.1, 0.15) is 67.1 Å². The van der Waals surface area contributed by atoms with Crippen molar-refractivity contribution in [3.63, 3.8) is 0 Å². The zero-order valence-corrected chi connectivity index (χ0v) is 22.3. The lowest BCUT2D eigenvalue weighted by Gasteiger charge is -2.28. The summed E-state index contributed by atoms with van der Waals surface area (Å²) in [5.41, 5.74) is 3.17. The van der Waals surface area contributed by atoms with Crippen molar-refractivity contribution < 1.29 is 9.59 Å². The van der Waals surface area contributed by atoms with Crippen molar-refractivity contribution in [2.24, 2.45) is 5.92 Å². The van der Waals surface area contributed by atoms with Crippen molar-refractivity contribution in [2.75, 3.05) is 10.2 Å². The number of carbonyl (C=O) groups excluding carboxylic acids is 2. The van der Waals surface area contributed by atoms with Gasteiger partial charge in [-0.3, -0.25) is 19.5 Å². The second-order valence-electron chi connectivity index (χ2n) is 10.4. The lowest BCUT2D eigenvalue weighted by atomic mass is 9.97. The summed E-state index contributed by atoms with van der Waals surface area (Å²) in [5.74, 6) is 0.485. The smallest absolute Gasteiger partial charge is 0.243 e. The minimum absolute atomic E-state index is 0.00567. The SMILES string of the molecule is Cc1ncccc1N[C@H](Cc1ccccc1)c1ccc(N(C=O)[C@@H](CC2CCCC2)C(=O)NC2CC2)s1. The molecule has 37 heavy (non-hydrogen) atoms. The Morgan fingerprint density at radius 2 is 1.86 bits per heavy atom. The number of hydrogen-bond donors (Lipinski definition) is 2. The number of nitrogens with one attached hydrogen (secondary N) is 2. The maximum absolute atomic E-state index is 13.3. The van der Waals surface area contributed by atoms with E-state index in [-0.39, 0.29) is 18.0 Å². The van der Waals surface area contributed by atoms with E-state index in [1.165, 1.54) is 18.4 Å². The molecule has 2 N–H and O–H groups in total. The van der Waals surface area contributed by atoms with Crippen LogP contribution in [0, 0.1) is 12.8 Å². The number of rotatable bonds is 12. The number of thiophene rings is 1. The third-order valence-electron chi connectivity index (χ3n) is 7.54. The van der Waals surface area contributed by atoms with Crippen LogP contribution in [0.15, 0.2) is 60.8 Å². The van der Waals surface area contributed by atoms with E-state index in [4.69, 9.17) is 0 Å². The first-order valence-electron chi connectivity index (χ1n) is 13.5. The molecule has 0 spiro atoms. The molecule has 5 rings (SSSR count). The number of benzene rings is 1. The zero-order valence-electron chi connectivity index (χ0n) is 21.4. The highest BCUT2D eigenvalue weighted by Crippen LogP contribution is 2.37. The van der Waals surface area contributed by atoms with Crippen molar-refractivity contribution in [1.82, 2.24) is 10.3 Å². The van der Waals surface area contributed by atoms with Gasteiger partial charge in [0.1, 0.15) is 6.04 Å². The third kappa shape index (κ3) is 6.58. The van der Waals surface area contributed by atoms with E-state index in [1.807, 2.05) is 31.2 Å². The van der Waals surface area contributed by atoms with E-state index >= 15 is 0 Å². The molecule has 1 aromatic carbocycles. The standard InChI is InChI=1S/C30H36N4O2S/c1-21-25(12-7-17-31-21)33-26(18-22-8-3-2-4-9-22)28-15-16-29(37-28)34(20-35)27(19-23-10-5-6-11-23)30(36)32-24-13-14-24/h2-4,7-9,12,15-17,20,23-24,26-27,33H,5-6,10-11,13-14,18-19H2,1H3,(H,32,36)/t26-,27+/m1/s1. The van der Waals surface area contributed by atoms with Crippen LogP contribution in [0.4, 0.5) is 10.7 Å². The van der Waals surface area contributed by atoms with Crippen LogP contribution < -0.4 is 15.5 Å². The van der Waals surface area contributed by atoms with Gasteiger partial charge in [-0.25, -0.2) is 0 Å². The van der Waals surface area contributed by atoms with Crippen LogP contribution in [0.3, 0.4) is 0 Å². The molecule has 0 aliphatic heterocycles. The highest BCUT2D eigenvalue weighted by molar-refractivity contribution is 7.16. The Morgan fingerprint density at radius 3 is 2.57 bits per heavy atom. The molecule has 3 aromatic rings. The zero-order chi connectivity index (χ0) is 25.6. The van der Waals surface area contributed by atoms with Crippen molar-refractivity contribution in [2.45, 2.75) is 76.4 Å². The van der Waals surface area contributed by atoms with Crippen LogP contribution in [-0.2, 0) is 16.0 Å². The molecule has 2 aromatic heterocycles. The molecular formula is C30H36N4O2S. The summed E-state index contributed by atoms with van der Waals surface area (Å²) < 4.78 is 0. The monoisotopic (exact) mass is 516 g/mol. The summed E-state index contributed by atoms with van der Waals surface area (Å²) in [4.78, 5) is 33.0. The largest absolute Gasteiger partial charge is 0.376 e. The van der Waals surface area contributed by atoms with Crippen LogP contribution in [-0.4, -0.2) is 29.4 Å². The van der Waals surface area contributed by atoms with Gasteiger partial charge in [-0.15, -0.1) is 11.3 Å². The van der Waals surface area contributed by atoms with E-state index < -0.39 is 6.04 Å². The van der Waals surface area contributed by atoms with Gasteiger partial charge in [0.05, 0.1) is 22.4 Å². The molecule has 2 saturated carbocycles. The molecule has 6 nitrogen and oxygen atoms in total. The summed E-state index contributed by atoms with van der Waals surface area (Å²) in [5, 5.41) is 7.67. The molecule has 7 heteroatoms. The molecule has 2 fully saturated rings. The number of aryl methyl sites for hydroxylation is 1. The van der Waals surface area contributed by atoms with Gasteiger partial charge in [0, 0.05) is 17.1 Å². The summed E-state index contributed by atoms with van der Waals surface area (Å²) in [6.45, 7) is 2.00. The van der Waals surface area contributed by atoms with E-state index in [2.05, 4.69) is 45.9 Å². The van der Waals surface area contributed by atoms with Gasteiger partial charge in [-0.2, -0.15) is 0 Å². The second-order valence-corrected chi connectivity index (χ2v) is 11.5. The molecule has 0 radical (unpaired) electrons. The Morgan fingerprint density at radius 1 is 1.08 bits per heavy atom. The molecule has 0 saturated heterocycles. The first kappa shape index (κ1) is 25.5. The Labute approximate surface area is 223 Å². The molecule has 2 amide bonds. The summed E-state index contributed by atoms with van der Waals surface area (Å²) in [6, 6.07) is 18.3. The quantitative estimate of drug-likeness (QED) is 0.288. The molecule has 0 bridgehead atoms. The van der Waals surface area contributed by atoms with Crippen molar-refractivity contribution in [1.29, 1.82) is 0 Å². The number of aromatic nitrogens is 1. The maximum atomic E-state index is 13.3. The Hall–Kier alpha value is -3.19. The predicted octanol–water partition coefficient (Wildman–Crippen LogP) is 6.04. The summed E-state index contributed by atoms with van der Waals surface area (Å²) in [6.07, 6.45) is 11.0. The van der Waals surface area contributed by atoms with Crippen LogP contribution in [0.25, 0.3) is 0 Å². The molecule has 2 aliphatic carbocycles. The molecule has 2 atom stereocenters. The van der Waals surface area contributed by atoms with Crippen molar-refractivity contribution >= 4 is 34.3 Å². The number of pyridine rings is 1. The number of nitrogens with zero attached hydrogens (tertiary/aromatic N) is 2. The highest BCUT2D eigenvalue weighted by Gasteiger charge is 2.34. The predicted molar refractivity (Wildman–Crippen MR) is 150 cm³/mol. The van der Waals surface area contributed by atoms with Gasteiger partial charge in [0.2, 0.25) is 12.3 Å². The normalized spacial score (nSPS) is 17.2. The Balaban J connectivity index is 1.41. The molecule has 2 heterocycles. The van der Waals surface area contributed by atoms with Gasteiger partial charge in [-0.05, 0) is 68.4 Å². The highest BCUT2D eigenvalue weighted by atomic mass is 32.1. The van der Waals surface area contributed by atoms with Gasteiger partial charge in [-0.1, -0.05) is 56.0 Å². The fraction of sp³-hybridized carbons (Fsp3) is 0.433. The lowest BCUT2D eigenvalue weighted by Crippen LogP contribution is -2.48. The Kier molecular flexibility index (Phi) is 8.19. The summed E-state index contributed by atoms with van der Waals surface area (Å²) >= 11 is 1.59. The van der Waals surface area contributed by atoms with Gasteiger partial charge in [0.15, 0.2) is 0 Å². The number of amides is 2. The van der Waals surface area contributed by atoms with Gasteiger partial charge < -0.3 is 10.6 Å². The van der Waals surface area contributed by atoms with Crippen LogP contribution >= 0.6 is 11.3 Å². The van der Waals surface area contributed by atoms with Gasteiger partial charge >= 0.3 is 0 Å². The van der Waals surface area contributed by atoms with E-state index in [9.17, 15) is 9.59 Å². The minimum atomic E-state index is -0.464. The first-order chi connectivity index (χ1) is 18.1. The second kappa shape index (κ2) is 11.9. The minimum Gasteiger partial charge on any atom is -0.376 e. The van der Waals surface area contributed by atoms with Crippen LogP contribution in [0.2, 0.25) is 0 Å². The molecule has 194 valence electrons. The average Bonchev–Trinajstić information content (AvgIpc) is 3.35. The number of hydrogen-bond acceptors (Lipinski definition) is 5. The van der Waals surface area contributed by atoms with Gasteiger partial charge in [0.25, 0.3) is 0 Å². The average molecular weight is 517 g/mol. The van der Waals surface area contributed by atoms with Crippen molar-refractivity contribution in [3.8, 4) is 0 Å².